The van der Waals surface area contributed by atoms with Crippen molar-refractivity contribution < 1.29 is 9.84 Å². The van der Waals surface area contributed by atoms with Gasteiger partial charge in [-0.25, -0.2) is 0 Å². The second-order valence-electron chi connectivity index (χ2n) is 15.3. The highest BCUT2D eigenvalue weighted by molar-refractivity contribution is 5.28. The molecule has 1 N–H and O–H groups in total. The molecule has 2 heteroatoms. The van der Waals surface area contributed by atoms with Crippen LogP contribution in [0, 0.1) is 69.5 Å². The second kappa shape index (κ2) is 7.72. The molecule has 0 radical (unpaired) electrons. The zero-order chi connectivity index (χ0) is 23.5. The molecule has 0 aromatic heterocycles. The highest BCUT2D eigenvalue weighted by Gasteiger charge is 2.80. The summed E-state index contributed by atoms with van der Waals surface area (Å²) in [5.41, 5.74) is 1.83. The molecule has 0 amide bonds. The largest absolute Gasteiger partial charge is 0.393 e. The molecule has 0 heterocycles. The number of hydrogen-bond donors (Lipinski definition) is 1. The third kappa shape index (κ3) is 2.67. The molecule has 0 aromatic carbocycles. The number of hydrogen-bond acceptors (Lipinski definition) is 2. The molecule has 0 bridgehead atoms. The highest BCUT2D eigenvalue weighted by Crippen LogP contribution is 2.85. The van der Waals surface area contributed by atoms with E-state index in [0.717, 1.165) is 53.8 Å². The van der Waals surface area contributed by atoms with Gasteiger partial charge in [0.25, 0.3) is 0 Å². The number of rotatable bonds is 6. The van der Waals surface area contributed by atoms with Crippen molar-refractivity contribution >= 4 is 0 Å². The van der Waals surface area contributed by atoms with Gasteiger partial charge in [0.1, 0.15) is 0 Å². The van der Waals surface area contributed by atoms with Gasteiger partial charge in [0.2, 0.25) is 0 Å². The summed E-state index contributed by atoms with van der Waals surface area (Å²) >= 11 is 0. The van der Waals surface area contributed by atoms with Gasteiger partial charge in [-0.2, -0.15) is 0 Å². The van der Waals surface area contributed by atoms with Gasteiger partial charge < -0.3 is 9.84 Å². The highest BCUT2D eigenvalue weighted by atomic mass is 16.5. The molecule has 0 aliphatic heterocycles. The molecule has 7 saturated carbocycles. The maximum Gasteiger partial charge on any atom is 0.0605 e. The van der Waals surface area contributed by atoms with Crippen LogP contribution in [0.4, 0.5) is 0 Å². The normalized spacial score (nSPS) is 57.1. The van der Waals surface area contributed by atoms with Crippen molar-refractivity contribution in [2.24, 2.45) is 69.5 Å². The zero-order valence-corrected chi connectivity index (χ0v) is 22.6. The van der Waals surface area contributed by atoms with E-state index in [-0.39, 0.29) is 6.10 Å². The van der Waals surface area contributed by atoms with Crippen LogP contribution >= 0.6 is 0 Å². The van der Waals surface area contributed by atoms with Crippen molar-refractivity contribution in [1.29, 1.82) is 0 Å². The van der Waals surface area contributed by atoms with Crippen LogP contribution in [0.25, 0.3) is 0 Å². The third-order valence-corrected chi connectivity index (χ3v) is 14.9. The van der Waals surface area contributed by atoms with Crippen LogP contribution in [0.5, 0.6) is 0 Å². The summed E-state index contributed by atoms with van der Waals surface area (Å²) in [5, 5.41) is 10.7. The average molecular weight is 469 g/mol. The molecule has 0 aromatic rings. The Morgan fingerprint density at radius 1 is 0.853 bits per heavy atom. The number of methoxy groups -OCH3 is 1. The van der Waals surface area contributed by atoms with Crippen LogP contribution in [-0.4, -0.2) is 24.4 Å². The molecule has 2 nitrogen and oxygen atoms in total. The van der Waals surface area contributed by atoms with Crippen LogP contribution < -0.4 is 0 Å². The van der Waals surface area contributed by atoms with Crippen LogP contribution in [0.2, 0.25) is 0 Å². The minimum absolute atomic E-state index is 0.0179. The minimum atomic E-state index is -0.0179. The lowest BCUT2D eigenvalue weighted by molar-refractivity contribution is -0.362. The lowest BCUT2D eigenvalue weighted by Crippen LogP contribution is -2.78. The topological polar surface area (TPSA) is 29.5 Å². The summed E-state index contributed by atoms with van der Waals surface area (Å²) < 4.78 is 6.09. The lowest BCUT2D eigenvalue weighted by atomic mass is 9.22. The molecule has 7 aliphatic carbocycles. The smallest absolute Gasteiger partial charge is 0.0605 e. The molecule has 13 atom stereocenters. The van der Waals surface area contributed by atoms with E-state index < -0.39 is 0 Å². The van der Waals surface area contributed by atoms with Crippen molar-refractivity contribution in [2.75, 3.05) is 7.11 Å². The van der Waals surface area contributed by atoms with Crippen molar-refractivity contribution in [3.05, 3.63) is 0 Å². The van der Waals surface area contributed by atoms with Gasteiger partial charge in [-0.15, -0.1) is 0 Å². The molecule has 0 saturated heterocycles. The molecular formula is C32H52O2. The van der Waals surface area contributed by atoms with Gasteiger partial charge in [-0.1, -0.05) is 27.2 Å². The SMILES string of the molecule is CO[C@H]1CC[C@]2(C)[C@H]3CC[C@]4(C)[C@@H]([C@H](C)CCC(O)C5CCC5)CC[C@H]4[C@@H]3CC3CC4CC1[C@@]432. The molecule has 34 heavy (non-hydrogen) atoms. The Kier molecular flexibility index (Phi) is 5.24. The predicted molar refractivity (Wildman–Crippen MR) is 137 cm³/mol. The van der Waals surface area contributed by atoms with E-state index in [1.165, 1.54) is 70.6 Å². The second-order valence-corrected chi connectivity index (χ2v) is 15.3. The predicted octanol–water partition coefficient (Wildman–Crippen LogP) is 7.48. The minimum Gasteiger partial charge on any atom is -0.393 e. The van der Waals surface area contributed by atoms with Crippen molar-refractivity contribution in [2.45, 2.75) is 123 Å². The fraction of sp³-hybridized carbons (Fsp3) is 1.00. The molecule has 7 aliphatic rings. The van der Waals surface area contributed by atoms with E-state index in [1.54, 1.807) is 12.8 Å². The Bertz CT molecular complexity index is 805. The lowest BCUT2D eigenvalue weighted by Gasteiger charge is -2.83. The summed E-state index contributed by atoms with van der Waals surface area (Å²) in [6.45, 7) is 8.08. The first-order chi connectivity index (χ1) is 16.3. The molecule has 7 rings (SSSR count). The van der Waals surface area contributed by atoms with Gasteiger partial charge in [0, 0.05) is 7.11 Å². The van der Waals surface area contributed by atoms with E-state index in [2.05, 4.69) is 20.8 Å². The zero-order valence-electron chi connectivity index (χ0n) is 22.6. The summed E-state index contributed by atoms with van der Waals surface area (Å²) in [6, 6.07) is 0. The summed E-state index contributed by atoms with van der Waals surface area (Å²) in [4.78, 5) is 0. The molecule has 1 spiro atoms. The Labute approximate surface area is 209 Å². The third-order valence-electron chi connectivity index (χ3n) is 14.9. The van der Waals surface area contributed by atoms with Gasteiger partial charge in [0.05, 0.1) is 12.2 Å². The van der Waals surface area contributed by atoms with Crippen molar-refractivity contribution in [3.63, 3.8) is 0 Å². The molecular weight excluding hydrogens is 416 g/mol. The number of aliphatic hydroxyl groups is 1. The standard InChI is InChI=1S/C32H52O2/c1-19(8-11-28(33)20-6-5-7-20)24-9-10-25-23-17-21-16-22-18-27-29(34-4)13-15-31(3,32(21,22)27)26(23)12-14-30(24,25)2/h19-29,33H,5-18H2,1-4H3/t19-,21?,22?,23+,24-,25+,26+,27?,28?,29+,30-,31-,32+/m1/s1. The Morgan fingerprint density at radius 3 is 2.35 bits per heavy atom. The number of aliphatic hydroxyl groups excluding tert-OH is 1. The van der Waals surface area contributed by atoms with Crippen LogP contribution in [0.1, 0.15) is 111 Å². The summed E-state index contributed by atoms with van der Waals surface area (Å²) in [5.74, 6) is 8.20. The Hall–Kier alpha value is -0.0800. The van der Waals surface area contributed by atoms with Gasteiger partial charge >= 0.3 is 0 Å². The van der Waals surface area contributed by atoms with Crippen LogP contribution in [0.15, 0.2) is 0 Å². The monoisotopic (exact) mass is 468 g/mol. The van der Waals surface area contributed by atoms with E-state index in [1.807, 2.05) is 7.11 Å². The molecule has 7 fully saturated rings. The fourth-order valence-electron chi connectivity index (χ4n) is 13.3. The first-order valence-electron chi connectivity index (χ1n) is 15.6. The van der Waals surface area contributed by atoms with Crippen molar-refractivity contribution in [1.82, 2.24) is 0 Å². The van der Waals surface area contributed by atoms with E-state index in [4.69, 9.17) is 4.74 Å². The van der Waals surface area contributed by atoms with Gasteiger partial charge in [0.15, 0.2) is 0 Å². The summed E-state index contributed by atoms with van der Waals surface area (Å²) in [7, 11) is 1.99. The summed E-state index contributed by atoms with van der Waals surface area (Å²) in [6.07, 6.45) is 20.1. The maximum absolute atomic E-state index is 10.7. The van der Waals surface area contributed by atoms with Gasteiger partial charge in [-0.05, 0) is 153 Å². The molecule has 192 valence electrons. The molecule has 4 unspecified atom stereocenters. The van der Waals surface area contributed by atoms with E-state index >= 15 is 0 Å². The Balaban J connectivity index is 1.10. The fourth-order valence-corrected chi connectivity index (χ4v) is 13.3. The number of ether oxygens (including phenoxy) is 1. The van der Waals surface area contributed by atoms with Crippen LogP contribution in [-0.2, 0) is 4.74 Å². The van der Waals surface area contributed by atoms with Crippen molar-refractivity contribution in [3.8, 4) is 0 Å². The van der Waals surface area contributed by atoms with E-state index in [0.29, 0.717) is 28.3 Å². The first kappa shape index (κ1) is 23.1. The van der Waals surface area contributed by atoms with Gasteiger partial charge in [-0.3, -0.25) is 0 Å². The van der Waals surface area contributed by atoms with E-state index in [9.17, 15) is 5.11 Å². The average Bonchev–Trinajstić information content (AvgIpc) is 3.12. The number of fused-ring (bicyclic) bond motifs is 4. The first-order valence-corrected chi connectivity index (χ1v) is 15.6. The quantitative estimate of drug-likeness (QED) is 0.438. The van der Waals surface area contributed by atoms with Crippen LogP contribution in [0.3, 0.4) is 0 Å². The Morgan fingerprint density at radius 2 is 1.65 bits per heavy atom. The maximum atomic E-state index is 10.7.